The first-order valence-electron chi connectivity index (χ1n) is 11.9. The highest BCUT2D eigenvalue weighted by Crippen LogP contribution is 2.34. The van der Waals surface area contributed by atoms with Crippen LogP contribution in [0.25, 0.3) is 22.2 Å². The van der Waals surface area contributed by atoms with Crippen LogP contribution in [-0.2, 0) is 13.0 Å². The molecular formula is C27H30N6O2. The second kappa shape index (κ2) is 9.85. The minimum Gasteiger partial charge on any atom is -0.395 e. The highest BCUT2D eigenvalue weighted by Gasteiger charge is 2.30. The van der Waals surface area contributed by atoms with Crippen molar-refractivity contribution >= 4 is 22.6 Å². The Hall–Kier alpha value is -3.75. The fourth-order valence-electron chi connectivity index (χ4n) is 4.79. The lowest BCUT2D eigenvalue weighted by Crippen LogP contribution is -2.50. The predicted molar refractivity (Wildman–Crippen MR) is 137 cm³/mol. The Kier molecular flexibility index (Phi) is 6.48. The van der Waals surface area contributed by atoms with E-state index in [0.717, 1.165) is 45.5 Å². The van der Waals surface area contributed by atoms with Crippen LogP contribution < -0.4 is 5.32 Å². The fourth-order valence-corrected chi connectivity index (χ4v) is 4.79. The third-order valence-electron chi connectivity index (χ3n) is 6.56. The number of benzene rings is 2. The Bertz CT molecular complexity index is 1340. The average molecular weight is 471 g/mol. The van der Waals surface area contributed by atoms with Gasteiger partial charge in [0.05, 0.1) is 18.2 Å². The Morgan fingerprint density at radius 2 is 2.00 bits per heavy atom. The molecule has 1 aliphatic heterocycles. The molecule has 8 nitrogen and oxygen atoms in total. The van der Waals surface area contributed by atoms with Gasteiger partial charge in [0, 0.05) is 48.2 Å². The third kappa shape index (κ3) is 4.89. The second-order valence-corrected chi connectivity index (χ2v) is 9.20. The molecule has 0 spiro atoms. The summed E-state index contributed by atoms with van der Waals surface area (Å²) in [6.07, 6.45) is 2.53. The number of carbonyl (C=O) groups is 1. The summed E-state index contributed by atoms with van der Waals surface area (Å²) in [5.74, 6) is 0. The van der Waals surface area contributed by atoms with E-state index >= 15 is 0 Å². The number of aromatic nitrogens is 3. The zero-order chi connectivity index (χ0) is 24.4. The molecule has 0 radical (unpaired) electrons. The van der Waals surface area contributed by atoms with E-state index < -0.39 is 0 Å². The maximum Gasteiger partial charge on any atom is 0.322 e. The standard InChI is InChI=1S/C27H30N6O2/c1-18-12-20(8-9-28-18)26-23-14-21-16-33(27(35)29-24(21)15-25(23)30-31-26)22(17-32(2)10-11-34)13-19-6-4-3-5-7-19/h3-9,12,14-15,22,34H,10-11,13,16-17H2,1-2H3,(H,29,35)(H,30,31). The van der Waals surface area contributed by atoms with Crippen LogP contribution in [0.4, 0.5) is 10.5 Å². The second-order valence-electron chi connectivity index (χ2n) is 9.20. The molecule has 1 unspecified atom stereocenters. The maximum absolute atomic E-state index is 13.2. The highest BCUT2D eigenvalue weighted by molar-refractivity contribution is 6.00. The van der Waals surface area contributed by atoms with Gasteiger partial charge in [0.15, 0.2) is 0 Å². The van der Waals surface area contributed by atoms with E-state index in [9.17, 15) is 9.90 Å². The van der Waals surface area contributed by atoms with Gasteiger partial charge in [-0.25, -0.2) is 4.79 Å². The van der Waals surface area contributed by atoms with Crippen LogP contribution in [0.5, 0.6) is 0 Å². The van der Waals surface area contributed by atoms with Crippen molar-refractivity contribution in [1.29, 1.82) is 0 Å². The number of hydrogen-bond donors (Lipinski definition) is 3. The molecule has 8 heteroatoms. The van der Waals surface area contributed by atoms with Gasteiger partial charge in [-0.15, -0.1) is 0 Å². The molecule has 0 fully saturated rings. The number of aliphatic hydroxyl groups is 1. The molecule has 2 aromatic heterocycles. The Labute approximate surface area is 204 Å². The van der Waals surface area contributed by atoms with Crippen molar-refractivity contribution in [3.63, 3.8) is 0 Å². The lowest BCUT2D eigenvalue weighted by atomic mass is 10.00. The highest BCUT2D eigenvalue weighted by atomic mass is 16.3. The van der Waals surface area contributed by atoms with E-state index in [2.05, 4.69) is 43.6 Å². The van der Waals surface area contributed by atoms with Crippen LogP contribution >= 0.6 is 0 Å². The number of aryl methyl sites for hydroxylation is 1. The minimum atomic E-state index is -0.111. The van der Waals surface area contributed by atoms with Crippen molar-refractivity contribution in [1.82, 2.24) is 25.0 Å². The number of amides is 2. The number of likely N-dealkylation sites (N-methyl/N-ethyl adjacent to an activating group) is 1. The molecule has 180 valence electrons. The smallest absolute Gasteiger partial charge is 0.322 e. The van der Waals surface area contributed by atoms with E-state index in [0.29, 0.717) is 19.6 Å². The number of rotatable bonds is 8. The number of hydrogen-bond acceptors (Lipinski definition) is 5. The molecule has 1 atom stereocenters. The number of H-pyrrole nitrogens is 1. The van der Waals surface area contributed by atoms with Crippen molar-refractivity contribution in [2.75, 3.05) is 32.1 Å². The predicted octanol–water partition coefficient (Wildman–Crippen LogP) is 3.82. The Morgan fingerprint density at radius 3 is 2.77 bits per heavy atom. The van der Waals surface area contributed by atoms with Crippen molar-refractivity contribution in [3.8, 4) is 11.3 Å². The monoisotopic (exact) mass is 470 g/mol. The van der Waals surface area contributed by atoms with Crippen LogP contribution in [0, 0.1) is 6.92 Å². The van der Waals surface area contributed by atoms with Crippen LogP contribution in [0.15, 0.2) is 60.8 Å². The summed E-state index contributed by atoms with van der Waals surface area (Å²) in [7, 11) is 1.97. The van der Waals surface area contributed by atoms with Gasteiger partial charge in [0.2, 0.25) is 0 Å². The summed E-state index contributed by atoms with van der Waals surface area (Å²) < 4.78 is 0. The maximum atomic E-state index is 13.2. The Balaban J connectivity index is 1.48. The van der Waals surface area contributed by atoms with Gasteiger partial charge in [0.1, 0.15) is 5.69 Å². The molecule has 0 aliphatic carbocycles. The number of aliphatic hydroxyl groups excluding tert-OH is 1. The van der Waals surface area contributed by atoms with Gasteiger partial charge in [-0.1, -0.05) is 30.3 Å². The molecule has 2 aromatic carbocycles. The summed E-state index contributed by atoms with van der Waals surface area (Å²) in [6, 6.07) is 18.1. The molecule has 0 saturated heterocycles. The van der Waals surface area contributed by atoms with Crippen LogP contribution in [0.3, 0.4) is 0 Å². The van der Waals surface area contributed by atoms with E-state index in [4.69, 9.17) is 0 Å². The third-order valence-corrected chi connectivity index (χ3v) is 6.56. The number of pyridine rings is 1. The molecule has 35 heavy (non-hydrogen) atoms. The number of nitrogens with zero attached hydrogens (tertiary/aromatic N) is 4. The quantitative estimate of drug-likeness (QED) is 0.364. The first-order chi connectivity index (χ1) is 17.0. The van der Waals surface area contributed by atoms with Crippen molar-refractivity contribution in [2.24, 2.45) is 0 Å². The van der Waals surface area contributed by atoms with Gasteiger partial charge < -0.3 is 20.2 Å². The van der Waals surface area contributed by atoms with Crippen LogP contribution in [0.1, 0.15) is 16.8 Å². The van der Waals surface area contributed by atoms with Crippen LogP contribution in [-0.4, -0.2) is 68.9 Å². The molecule has 1 aliphatic rings. The number of urea groups is 1. The van der Waals surface area contributed by atoms with Crippen molar-refractivity contribution in [2.45, 2.75) is 25.9 Å². The largest absolute Gasteiger partial charge is 0.395 e. The van der Waals surface area contributed by atoms with Crippen molar-refractivity contribution < 1.29 is 9.90 Å². The lowest BCUT2D eigenvalue weighted by Gasteiger charge is -2.37. The molecule has 3 N–H and O–H groups in total. The zero-order valence-electron chi connectivity index (χ0n) is 20.0. The molecular weight excluding hydrogens is 440 g/mol. The molecule has 0 saturated carbocycles. The number of anilines is 1. The topological polar surface area (TPSA) is 97.4 Å². The lowest BCUT2D eigenvalue weighted by molar-refractivity contribution is 0.144. The minimum absolute atomic E-state index is 0.0514. The summed E-state index contributed by atoms with van der Waals surface area (Å²) in [5.41, 5.74) is 6.73. The SMILES string of the molecule is Cc1cc(-c2n[nH]c3cc4c(cc23)CN(C(Cc2ccccc2)CN(C)CCO)C(=O)N4)ccn1. The van der Waals surface area contributed by atoms with E-state index in [-0.39, 0.29) is 18.7 Å². The Morgan fingerprint density at radius 1 is 1.17 bits per heavy atom. The normalized spacial score (nSPS) is 14.3. The zero-order valence-corrected chi connectivity index (χ0v) is 20.0. The summed E-state index contributed by atoms with van der Waals surface area (Å²) in [6.45, 7) is 3.77. The fraction of sp³-hybridized carbons (Fsp3) is 0.296. The van der Waals surface area contributed by atoms with Crippen molar-refractivity contribution in [3.05, 3.63) is 77.6 Å². The summed E-state index contributed by atoms with van der Waals surface area (Å²) in [5, 5.41) is 21.2. The summed E-state index contributed by atoms with van der Waals surface area (Å²) >= 11 is 0. The van der Waals surface area contributed by atoms with E-state index in [1.165, 1.54) is 5.56 Å². The van der Waals surface area contributed by atoms with Gasteiger partial charge in [-0.3, -0.25) is 10.1 Å². The van der Waals surface area contributed by atoms with Gasteiger partial charge in [-0.05, 0) is 55.8 Å². The number of nitrogens with one attached hydrogen (secondary N) is 2. The molecule has 4 aromatic rings. The van der Waals surface area contributed by atoms with Gasteiger partial charge in [-0.2, -0.15) is 5.10 Å². The molecule has 5 rings (SSSR count). The van der Waals surface area contributed by atoms with E-state index in [1.54, 1.807) is 6.20 Å². The number of carbonyl (C=O) groups excluding carboxylic acids is 1. The molecule has 0 bridgehead atoms. The van der Waals surface area contributed by atoms with Gasteiger partial charge >= 0.3 is 6.03 Å². The molecule has 3 heterocycles. The first-order valence-corrected chi connectivity index (χ1v) is 11.9. The average Bonchev–Trinajstić information content (AvgIpc) is 3.25. The molecule has 2 amide bonds. The van der Waals surface area contributed by atoms with Crippen LogP contribution in [0.2, 0.25) is 0 Å². The number of aromatic amines is 1. The summed E-state index contributed by atoms with van der Waals surface area (Å²) in [4.78, 5) is 21.5. The first kappa shape index (κ1) is 23.0. The van der Waals surface area contributed by atoms with E-state index in [1.807, 2.05) is 55.3 Å². The number of fused-ring (bicyclic) bond motifs is 2. The van der Waals surface area contributed by atoms with Gasteiger partial charge in [0.25, 0.3) is 0 Å².